The first-order chi connectivity index (χ1) is 11.3. The molecule has 2 heterocycles. The third-order valence-corrected chi connectivity index (χ3v) is 4.16. The second-order valence-corrected chi connectivity index (χ2v) is 6.27. The van der Waals surface area contributed by atoms with Gasteiger partial charge in [0.2, 0.25) is 0 Å². The van der Waals surface area contributed by atoms with Crippen LogP contribution in [0.4, 0.5) is 5.69 Å². The van der Waals surface area contributed by atoms with Crippen LogP contribution in [0.2, 0.25) is 5.02 Å². The maximum atomic E-state index is 6.13. The summed E-state index contributed by atoms with van der Waals surface area (Å²) in [5.74, 6) is 1.61. The minimum Gasteiger partial charge on any atom is -0.493 e. The number of hydrogen-bond donors (Lipinski definition) is 1. The molecule has 0 amide bonds. The number of benzene rings is 1. The van der Waals surface area contributed by atoms with E-state index < -0.39 is 0 Å². The number of ether oxygens (including phenoxy) is 1. The maximum absolute atomic E-state index is 6.13. The molecule has 3 aromatic rings. The van der Waals surface area contributed by atoms with Crippen LogP contribution < -0.4 is 10.1 Å². The second kappa shape index (κ2) is 6.08. The van der Waals surface area contributed by atoms with E-state index >= 15 is 0 Å². The molecule has 1 aliphatic rings. The van der Waals surface area contributed by atoms with Gasteiger partial charge < -0.3 is 10.1 Å². The van der Waals surface area contributed by atoms with Crippen molar-refractivity contribution in [2.24, 2.45) is 5.92 Å². The van der Waals surface area contributed by atoms with Crippen LogP contribution in [0.15, 0.2) is 42.9 Å². The Kier molecular flexibility index (Phi) is 3.79. The van der Waals surface area contributed by atoms with Crippen LogP contribution in [-0.2, 0) is 6.54 Å². The molecule has 23 heavy (non-hydrogen) atoms. The summed E-state index contributed by atoms with van der Waals surface area (Å²) in [5, 5.41) is 8.25. The van der Waals surface area contributed by atoms with Crippen molar-refractivity contribution in [3.63, 3.8) is 0 Å². The SMILES string of the molecule is Clc1ccc(OCC2CC2)c(CNc2cnc3ccnn3c2)c1. The molecule has 5 nitrogen and oxygen atoms in total. The molecule has 0 spiro atoms. The molecule has 0 radical (unpaired) electrons. The van der Waals surface area contributed by atoms with Gasteiger partial charge in [-0.05, 0) is 37.0 Å². The Morgan fingerprint density at radius 1 is 1.30 bits per heavy atom. The predicted octanol–water partition coefficient (Wildman–Crippen LogP) is 3.78. The highest BCUT2D eigenvalue weighted by atomic mass is 35.5. The average Bonchev–Trinajstić information content (AvgIpc) is 3.27. The number of fused-ring (bicyclic) bond motifs is 1. The quantitative estimate of drug-likeness (QED) is 0.748. The summed E-state index contributed by atoms with van der Waals surface area (Å²) in [7, 11) is 0. The molecule has 1 fully saturated rings. The Bertz CT molecular complexity index is 828. The molecule has 1 aromatic carbocycles. The van der Waals surface area contributed by atoms with E-state index in [1.807, 2.05) is 30.5 Å². The van der Waals surface area contributed by atoms with Crippen LogP contribution in [0.1, 0.15) is 18.4 Å². The van der Waals surface area contributed by atoms with Crippen LogP contribution in [0.25, 0.3) is 5.65 Å². The molecule has 0 bridgehead atoms. The third kappa shape index (κ3) is 3.40. The zero-order chi connectivity index (χ0) is 15.6. The van der Waals surface area contributed by atoms with E-state index in [2.05, 4.69) is 15.4 Å². The van der Waals surface area contributed by atoms with Gasteiger partial charge in [-0.2, -0.15) is 5.10 Å². The van der Waals surface area contributed by atoms with E-state index in [-0.39, 0.29) is 0 Å². The van der Waals surface area contributed by atoms with E-state index in [9.17, 15) is 0 Å². The maximum Gasteiger partial charge on any atom is 0.155 e. The monoisotopic (exact) mass is 328 g/mol. The van der Waals surface area contributed by atoms with Crippen LogP contribution >= 0.6 is 11.6 Å². The van der Waals surface area contributed by atoms with Gasteiger partial charge in [-0.3, -0.25) is 0 Å². The molecular weight excluding hydrogens is 312 g/mol. The van der Waals surface area contributed by atoms with E-state index in [1.54, 1.807) is 16.9 Å². The van der Waals surface area contributed by atoms with Crippen molar-refractivity contribution >= 4 is 22.9 Å². The topological polar surface area (TPSA) is 51.5 Å². The minimum atomic E-state index is 0.620. The summed E-state index contributed by atoms with van der Waals surface area (Å²) in [4.78, 5) is 4.34. The molecule has 4 rings (SSSR count). The van der Waals surface area contributed by atoms with Crippen molar-refractivity contribution in [2.75, 3.05) is 11.9 Å². The number of nitrogens with zero attached hydrogens (tertiary/aromatic N) is 3. The molecule has 6 heteroatoms. The zero-order valence-corrected chi connectivity index (χ0v) is 13.3. The number of halogens is 1. The van der Waals surface area contributed by atoms with E-state index in [1.165, 1.54) is 12.8 Å². The predicted molar refractivity (Wildman–Crippen MR) is 90.0 cm³/mol. The fourth-order valence-corrected chi connectivity index (χ4v) is 2.61. The van der Waals surface area contributed by atoms with Crippen LogP contribution in [0.5, 0.6) is 5.75 Å². The van der Waals surface area contributed by atoms with Gasteiger partial charge >= 0.3 is 0 Å². The highest BCUT2D eigenvalue weighted by Crippen LogP contribution is 2.31. The van der Waals surface area contributed by atoms with Crippen LogP contribution in [0.3, 0.4) is 0 Å². The Morgan fingerprint density at radius 2 is 2.22 bits per heavy atom. The normalized spacial score (nSPS) is 14.1. The van der Waals surface area contributed by atoms with Gasteiger partial charge in [-0.1, -0.05) is 11.6 Å². The molecule has 1 aliphatic carbocycles. The number of nitrogens with one attached hydrogen (secondary N) is 1. The first kappa shape index (κ1) is 14.3. The number of hydrogen-bond acceptors (Lipinski definition) is 4. The molecule has 0 aliphatic heterocycles. The lowest BCUT2D eigenvalue weighted by Gasteiger charge is -2.13. The summed E-state index contributed by atoms with van der Waals surface area (Å²) in [6.45, 7) is 1.41. The fourth-order valence-electron chi connectivity index (χ4n) is 2.42. The fraction of sp³-hybridized carbons (Fsp3) is 0.294. The lowest BCUT2D eigenvalue weighted by Crippen LogP contribution is -2.06. The Morgan fingerprint density at radius 3 is 3.09 bits per heavy atom. The van der Waals surface area contributed by atoms with Gasteiger partial charge in [-0.25, -0.2) is 9.50 Å². The van der Waals surface area contributed by atoms with Crippen molar-refractivity contribution in [3.8, 4) is 5.75 Å². The van der Waals surface area contributed by atoms with Crippen molar-refractivity contribution in [1.29, 1.82) is 0 Å². The Hall–Kier alpha value is -2.27. The van der Waals surface area contributed by atoms with Gasteiger partial charge in [0.1, 0.15) is 5.75 Å². The molecule has 0 unspecified atom stereocenters. The third-order valence-electron chi connectivity index (χ3n) is 3.92. The van der Waals surface area contributed by atoms with Crippen molar-refractivity contribution in [1.82, 2.24) is 14.6 Å². The zero-order valence-electron chi connectivity index (χ0n) is 12.6. The van der Waals surface area contributed by atoms with E-state index in [0.717, 1.165) is 35.2 Å². The van der Waals surface area contributed by atoms with Gasteiger partial charge in [0.25, 0.3) is 0 Å². The molecular formula is C17H17ClN4O. The first-order valence-corrected chi connectivity index (χ1v) is 8.10. The highest BCUT2D eigenvalue weighted by molar-refractivity contribution is 6.30. The van der Waals surface area contributed by atoms with Crippen LogP contribution in [-0.4, -0.2) is 21.2 Å². The van der Waals surface area contributed by atoms with E-state index in [4.69, 9.17) is 16.3 Å². The molecule has 0 atom stereocenters. The lowest BCUT2D eigenvalue weighted by atomic mass is 10.2. The van der Waals surface area contributed by atoms with Gasteiger partial charge in [0.05, 0.1) is 30.9 Å². The summed E-state index contributed by atoms with van der Waals surface area (Å²) in [6.07, 6.45) is 7.99. The molecule has 2 aromatic heterocycles. The smallest absolute Gasteiger partial charge is 0.155 e. The molecule has 1 saturated carbocycles. The number of anilines is 1. The highest BCUT2D eigenvalue weighted by Gasteiger charge is 2.22. The van der Waals surface area contributed by atoms with Crippen molar-refractivity contribution in [3.05, 3.63) is 53.4 Å². The standard InChI is InChI=1S/C17H17ClN4O/c18-14-3-4-16(23-11-12-1-2-12)13(7-14)8-19-15-9-20-17-5-6-21-22(17)10-15/h3-7,9-10,12,19H,1-2,8,11H2. The second-order valence-electron chi connectivity index (χ2n) is 5.84. The van der Waals surface area contributed by atoms with E-state index in [0.29, 0.717) is 11.6 Å². The molecule has 1 N–H and O–H groups in total. The van der Waals surface area contributed by atoms with Gasteiger partial charge in [0, 0.05) is 23.2 Å². The minimum absolute atomic E-state index is 0.620. The summed E-state index contributed by atoms with van der Waals surface area (Å²) >= 11 is 6.13. The molecule has 0 saturated heterocycles. The van der Waals surface area contributed by atoms with Crippen LogP contribution in [0, 0.1) is 5.92 Å². The Balaban J connectivity index is 1.49. The molecule has 118 valence electrons. The number of aromatic nitrogens is 3. The number of rotatable bonds is 6. The largest absolute Gasteiger partial charge is 0.493 e. The van der Waals surface area contributed by atoms with Gasteiger partial charge in [0.15, 0.2) is 5.65 Å². The summed E-state index contributed by atoms with van der Waals surface area (Å²) in [6, 6.07) is 7.61. The summed E-state index contributed by atoms with van der Waals surface area (Å²) < 4.78 is 7.67. The van der Waals surface area contributed by atoms with Crippen molar-refractivity contribution < 1.29 is 4.74 Å². The summed E-state index contributed by atoms with van der Waals surface area (Å²) in [5.41, 5.74) is 2.76. The average molecular weight is 329 g/mol. The lowest BCUT2D eigenvalue weighted by molar-refractivity contribution is 0.297. The first-order valence-electron chi connectivity index (χ1n) is 7.72. The Labute approximate surface area is 139 Å². The van der Waals surface area contributed by atoms with Gasteiger partial charge in [-0.15, -0.1) is 0 Å². The van der Waals surface area contributed by atoms with Crippen molar-refractivity contribution in [2.45, 2.75) is 19.4 Å².